The molecule has 0 aliphatic carbocycles. The van der Waals surface area contributed by atoms with Gasteiger partial charge in [0.2, 0.25) is 0 Å². The molecular weight excluding hydrogens is 255 g/mol. The number of hydrogen-bond donors (Lipinski definition) is 1. The van der Waals surface area contributed by atoms with E-state index in [1.807, 2.05) is 26.0 Å². The molecule has 2 rings (SSSR count). The molecule has 1 saturated heterocycles. The minimum absolute atomic E-state index is 0.140. The zero-order chi connectivity index (χ0) is 14.6. The van der Waals surface area contributed by atoms with Crippen LogP contribution in [0.3, 0.4) is 0 Å². The van der Waals surface area contributed by atoms with Crippen LogP contribution in [-0.4, -0.2) is 31.8 Å². The first-order valence-electron chi connectivity index (χ1n) is 7.40. The van der Waals surface area contributed by atoms with Crippen LogP contribution in [0.25, 0.3) is 0 Å². The molecule has 1 N–H and O–H groups in total. The Morgan fingerprint density at radius 2 is 2.20 bits per heavy atom. The Kier molecular flexibility index (Phi) is 5.00. The Bertz CT molecular complexity index is 448. The summed E-state index contributed by atoms with van der Waals surface area (Å²) in [4.78, 5) is 2.07. The predicted molar refractivity (Wildman–Crippen MR) is 80.6 cm³/mol. The fourth-order valence-electron chi connectivity index (χ4n) is 2.55. The van der Waals surface area contributed by atoms with Gasteiger partial charge in [0.1, 0.15) is 5.82 Å². The van der Waals surface area contributed by atoms with Crippen molar-refractivity contribution >= 4 is 5.69 Å². The fraction of sp³-hybridized carbons (Fsp3) is 0.625. The average molecular weight is 280 g/mol. The third-order valence-electron chi connectivity index (χ3n) is 3.53. The van der Waals surface area contributed by atoms with Gasteiger partial charge in [-0.15, -0.1) is 0 Å². The number of benzene rings is 1. The lowest BCUT2D eigenvalue weighted by atomic mass is 10.1. The van der Waals surface area contributed by atoms with E-state index >= 15 is 0 Å². The van der Waals surface area contributed by atoms with Gasteiger partial charge in [0, 0.05) is 19.6 Å². The summed E-state index contributed by atoms with van der Waals surface area (Å²) in [5, 5.41) is 3.29. The maximum absolute atomic E-state index is 14.3. The first kappa shape index (κ1) is 15.3. The summed E-state index contributed by atoms with van der Waals surface area (Å²) in [5.74, 6) is -0.140. The molecule has 1 aromatic rings. The smallest absolute Gasteiger partial charge is 0.146 e. The predicted octanol–water partition coefficient (Wildman–Crippen LogP) is 2.94. The highest BCUT2D eigenvalue weighted by Gasteiger charge is 2.28. The third kappa shape index (κ3) is 3.93. The van der Waals surface area contributed by atoms with Crippen LogP contribution in [-0.2, 0) is 11.3 Å². The standard InChI is InChI=1S/C16H25FN2O/c1-4-7-18-11-13-5-6-15(14(17)10-13)19-8-9-20-16(2,3)12-19/h5-6,10,18H,4,7-9,11-12H2,1-3H3. The average Bonchev–Trinajstić information content (AvgIpc) is 2.38. The first-order valence-corrected chi connectivity index (χ1v) is 7.40. The summed E-state index contributed by atoms with van der Waals surface area (Å²) in [6.07, 6.45) is 1.09. The Hall–Kier alpha value is -1.13. The molecule has 1 aliphatic rings. The maximum atomic E-state index is 14.3. The van der Waals surface area contributed by atoms with E-state index in [9.17, 15) is 4.39 Å². The molecular formula is C16H25FN2O. The number of hydrogen-bond acceptors (Lipinski definition) is 3. The van der Waals surface area contributed by atoms with Crippen molar-refractivity contribution in [3.05, 3.63) is 29.6 Å². The van der Waals surface area contributed by atoms with E-state index in [-0.39, 0.29) is 11.4 Å². The van der Waals surface area contributed by atoms with Crippen molar-refractivity contribution in [1.29, 1.82) is 0 Å². The zero-order valence-corrected chi connectivity index (χ0v) is 12.7. The Morgan fingerprint density at radius 3 is 2.85 bits per heavy atom. The number of nitrogens with zero attached hydrogens (tertiary/aromatic N) is 1. The number of nitrogens with one attached hydrogen (secondary N) is 1. The van der Waals surface area contributed by atoms with Crippen LogP contribution < -0.4 is 10.2 Å². The number of morpholine rings is 1. The second-order valence-corrected chi connectivity index (χ2v) is 5.99. The van der Waals surface area contributed by atoms with Crippen LogP contribution in [0.4, 0.5) is 10.1 Å². The lowest BCUT2D eigenvalue weighted by molar-refractivity contribution is -0.0278. The van der Waals surface area contributed by atoms with E-state index in [0.29, 0.717) is 12.3 Å². The van der Waals surface area contributed by atoms with Crippen molar-refractivity contribution in [2.45, 2.75) is 39.3 Å². The van der Waals surface area contributed by atoms with Crippen molar-refractivity contribution in [1.82, 2.24) is 5.32 Å². The SMILES string of the molecule is CCCNCc1ccc(N2CCOC(C)(C)C2)c(F)c1. The Morgan fingerprint density at radius 1 is 1.40 bits per heavy atom. The van der Waals surface area contributed by atoms with E-state index in [1.54, 1.807) is 6.07 Å². The fourth-order valence-corrected chi connectivity index (χ4v) is 2.55. The quantitative estimate of drug-likeness (QED) is 0.839. The van der Waals surface area contributed by atoms with E-state index in [2.05, 4.69) is 17.1 Å². The van der Waals surface area contributed by atoms with E-state index in [1.165, 1.54) is 0 Å². The van der Waals surface area contributed by atoms with Gasteiger partial charge < -0.3 is 15.0 Å². The number of rotatable bonds is 5. The molecule has 112 valence electrons. The van der Waals surface area contributed by atoms with Crippen LogP contribution in [0.5, 0.6) is 0 Å². The topological polar surface area (TPSA) is 24.5 Å². The molecule has 0 amide bonds. The van der Waals surface area contributed by atoms with Crippen molar-refractivity contribution in [2.24, 2.45) is 0 Å². The molecule has 20 heavy (non-hydrogen) atoms. The number of halogens is 1. The van der Waals surface area contributed by atoms with E-state index in [0.717, 1.165) is 38.2 Å². The summed E-state index contributed by atoms with van der Waals surface area (Å²) < 4.78 is 20.0. The molecule has 1 aliphatic heterocycles. The summed E-state index contributed by atoms with van der Waals surface area (Å²) in [6, 6.07) is 5.53. The van der Waals surface area contributed by atoms with Gasteiger partial charge in [-0.3, -0.25) is 0 Å². The minimum Gasteiger partial charge on any atom is -0.372 e. The Balaban J connectivity index is 2.05. The molecule has 1 fully saturated rings. The molecule has 1 aromatic carbocycles. The minimum atomic E-state index is -0.216. The molecule has 4 heteroatoms. The van der Waals surface area contributed by atoms with Gasteiger partial charge in [-0.05, 0) is 44.5 Å². The van der Waals surface area contributed by atoms with Crippen molar-refractivity contribution in [3.8, 4) is 0 Å². The monoisotopic (exact) mass is 280 g/mol. The largest absolute Gasteiger partial charge is 0.372 e. The van der Waals surface area contributed by atoms with Gasteiger partial charge >= 0.3 is 0 Å². The molecule has 0 radical (unpaired) electrons. The van der Waals surface area contributed by atoms with Crippen LogP contribution in [0.1, 0.15) is 32.8 Å². The van der Waals surface area contributed by atoms with Crippen LogP contribution in [0.15, 0.2) is 18.2 Å². The second kappa shape index (κ2) is 6.55. The lowest BCUT2D eigenvalue weighted by Crippen LogP contribution is -2.48. The number of ether oxygens (including phenoxy) is 1. The summed E-state index contributed by atoms with van der Waals surface area (Å²) in [6.45, 7) is 10.00. The Labute approximate surface area is 121 Å². The van der Waals surface area contributed by atoms with Crippen molar-refractivity contribution in [2.75, 3.05) is 31.1 Å². The normalized spacial score (nSPS) is 18.3. The van der Waals surface area contributed by atoms with Gasteiger partial charge in [-0.1, -0.05) is 13.0 Å². The molecule has 0 unspecified atom stereocenters. The zero-order valence-electron chi connectivity index (χ0n) is 12.7. The van der Waals surface area contributed by atoms with Gasteiger partial charge in [0.25, 0.3) is 0 Å². The van der Waals surface area contributed by atoms with Crippen molar-refractivity contribution < 1.29 is 9.13 Å². The van der Waals surface area contributed by atoms with Gasteiger partial charge in [-0.2, -0.15) is 0 Å². The summed E-state index contributed by atoms with van der Waals surface area (Å²) in [7, 11) is 0. The van der Waals surface area contributed by atoms with E-state index in [4.69, 9.17) is 4.74 Å². The molecule has 0 aromatic heterocycles. The molecule has 0 saturated carbocycles. The maximum Gasteiger partial charge on any atom is 0.146 e. The van der Waals surface area contributed by atoms with E-state index < -0.39 is 0 Å². The van der Waals surface area contributed by atoms with Crippen LogP contribution >= 0.6 is 0 Å². The van der Waals surface area contributed by atoms with Gasteiger partial charge in [0.15, 0.2) is 0 Å². The first-order chi connectivity index (χ1) is 9.52. The third-order valence-corrected chi connectivity index (χ3v) is 3.53. The number of anilines is 1. The molecule has 1 heterocycles. The van der Waals surface area contributed by atoms with Crippen LogP contribution in [0, 0.1) is 5.82 Å². The molecule has 0 spiro atoms. The second-order valence-electron chi connectivity index (χ2n) is 5.99. The molecule has 0 bridgehead atoms. The summed E-state index contributed by atoms with van der Waals surface area (Å²) >= 11 is 0. The highest BCUT2D eigenvalue weighted by molar-refractivity contribution is 5.50. The van der Waals surface area contributed by atoms with Gasteiger partial charge in [-0.25, -0.2) is 4.39 Å². The molecule has 0 atom stereocenters. The highest BCUT2D eigenvalue weighted by atomic mass is 19.1. The summed E-state index contributed by atoms with van der Waals surface area (Å²) in [5.41, 5.74) is 1.46. The van der Waals surface area contributed by atoms with Gasteiger partial charge in [0.05, 0.1) is 17.9 Å². The lowest BCUT2D eigenvalue weighted by Gasteiger charge is -2.39. The van der Waals surface area contributed by atoms with Crippen molar-refractivity contribution in [3.63, 3.8) is 0 Å². The molecule has 3 nitrogen and oxygen atoms in total. The highest BCUT2D eigenvalue weighted by Crippen LogP contribution is 2.26. The van der Waals surface area contributed by atoms with Crippen LogP contribution in [0.2, 0.25) is 0 Å².